The Morgan fingerprint density at radius 1 is 0.952 bits per heavy atom. The maximum absolute atomic E-state index is 8.87. The van der Waals surface area contributed by atoms with Crippen molar-refractivity contribution in [3.63, 3.8) is 0 Å². The van der Waals surface area contributed by atoms with E-state index >= 15 is 0 Å². The monoisotopic (exact) mass is 343 g/mol. The molecule has 0 aromatic heterocycles. The zero-order valence-electron chi connectivity index (χ0n) is 10.6. The minimum absolute atomic E-state index is 0.150. The lowest BCUT2D eigenvalue weighted by Crippen LogP contribution is -1.84. The van der Waals surface area contributed by atoms with Gasteiger partial charge >= 0.3 is 0 Å². The van der Waals surface area contributed by atoms with Crippen LogP contribution < -0.4 is 5.41 Å². The van der Waals surface area contributed by atoms with Gasteiger partial charge < -0.3 is 0 Å². The number of rotatable bonds is 2. The average molecular weight is 344 g/mol. The Hall–Kier alpha value is -1.22. The van der Waals surface area contributed by atoms with Crippen molar-refractivity contribution in [3.05, 3.63) is 60.1 Å². The van der Waals surface area contributed by atoms with E-state index in [1.165, 1.54) is 13.4 Å². The molecule has 0 saturated heterocycles. The summed E-state index contributed by atoms with van der Waals surface area (Å²) in [6, 6.07) is 9.49. The molecule has 1 aromatic rings. The van der Waals surface area contributed by atoms with Crippen molar-refractivity contribution in [2.45, 2.75) is 0 Å². The molecule has 0 fully saturated rings. The van der Waals surface area contributed by atoms with E-state index < -0.39 is 0 Å². The Labute approximate surface area is 140 Å². The van der Waals surface area contributed by atoms with Crippen LogP contribution in [0, 0.1) is 11.3 Å². The number of nitriles is 1. The first kappa shape index (κ1) is 14.7. The average Bonchev–Trinajstić information content (AvgIpc) is 3.20. The first-order chi connectivity index (χ1) is 10.3. The number of hydrogen-bond donors (Lipinski definition) is 0. The molecule has 1 aromatic carbocycles. The van der Waals surface area contributed by atoms with Crippen molar-refractivity contribution in [3.8, 4) is 6.07 Å². The highest BCUT2D eigenvalue weighted by atomic mass is 32.2. The van der Waals surface area contributed by atoms with E-state index in [9.17, 15) is 0 Å². The summed E-state index contributed by atoms with van der Waals surface area (Å²) in [6.07, 6.45) is 0. The Balaban J connectivity index is 1.79. The summed E-state index contributed by atoms with van der Waals surface area (Å²) in [5.74, 6) is 1.91. The third-order valence-electron chi connectivity index (χ3n) is 2.73. The van der Waals surface area contributed by atoms with E-state index in [0.29, 0.717) is 5.56 Å². The Morgan fingerprint density at radius 3 is 2.29 bits per heavy atom. The molecule has 1 radical (unpaired) electrons. The fourth-order valence-electron chi connectivity index (χ4n) is 1.73. The van der Waals surface area contributed by atoms with E-state index in [0.717, 1.165) is 5.56 Å². The van der Waals surface area contributed by atoms with E-state index in [1.54, 1.807) is 47.0 Å². The van der Waals surface area contributed by atoms with Gasteiger partial charge in [-0.05, 0) is 21.8 Å². The van der Waals surface area contributed by atoms with Crippen LogP contribution in [0.3, 0.4) is 0 Å². The fourth-order valence-corrected chi connectivity index (χ4v) is 6.21. The zero-order chi connectivity index (χ0) is 14.7. The molecular formula is C15H7N2S4. The first-order valence-corrected chi connectivity index (χ1v) is 9.32. The summed E-state index contributed by atoms with van der Waals surface area (Å²) >= 11 is 7.04. The molecule has 0 saturated carbocycles. The lowest BCUT2D eigenvalue weighted by molar-refractivity contribution is 1.52. The minimum atomic E-state index is 0.150. The van der Waals surface area contributed by atoms with Gasteiger partial charge in [-0.2, -0.15) is 5.26 Å². The van der Waals surface area contributed by atoms with Crippen LogP contribution in [0.4, 0.5) is 0 Å². The Bertz CT molecular complexity index is 750. The summed E-state index contributed by atoms with van der Waals surface area (Å²) < 4.78 is 2.65. The van der Waals surface area contributed by atoms with Crippen LogP contribution in [0.25, 0.3) is 10.5 Å². The van der Waals surface area contributed by atoms with Crippen LogP contribution in [0.1, 0.15) is 11.1 Å². The summed E-state index contributed by atoms with van der Waals surface area (Å²) in [5, 5.41) is 24.1. The predicted molar refractivity (Wildman–Crippen MR) is 97.1 cm³/mol. The number of hydrogen-bond acceptors (Lipinski definition) is 5. The zero-order valence-corrected chi connectivity index (χ0v) is 13.8. The van der Waals surface area contributed by atoms with E-state index in [4.69, 9.17) is 10.7 Å². The van der Waals surface area contributed by atoms with Gasteiger partial charge in [-0.25, -0.2) is 0 Å². The van der Waals surface area contributed by atoms with Crippen LogP contribution in [0.2, 0.25) is 0 Å². The number of allylic oxidation sites excluding steroid dienone is 1. The second-order valence-electron chi connectivity index (χ2n) is 3.96. The number of thioether (sulfide) groups is 4. The molecule has 2 aliphatic heterocycles. The summed E-state index contributed by atoms with van der Waals surface area (Å²) in [6.45, 7) is 0. The van der Waals surface area contributed by atoms with Crippen LogP contribution in [0.15, 0.2) is 49.0 Å². The maximum atomic E-state index is 8.87. The summed E-state index contributed by atoms with van der Waals surface area (Å²) in [4.78, 5) is 1.21. The summed E-state index contributed by atoms with van der Waals surface area (Å²) in [5.41, 5.74) is 1.93. The van der Waals surface area contributed by atoms with Crippen molar-refractivity contribution in [2.75, 3.05) is 0 Å². The van der Waals surface area contributed by atoms with Gasteiger partial charge in [-0.3, -0.25) is 0 Å². The molecule has 3 rings (SSSR count). The van der Waals surface area contributed by atoms with Crippen LogP contribution in [-0.2, 0) is 0 Å². The van der Waals surface area contributed by atoms with E-state index in [1.807, 2.05) is 36.2 Å². The molecule has 6 heteroatoms. The second kappa shape index (κ2) is 6.69. The quantitative estimate of drug-likeness (QED) is 0.563. The molecule has 0 spiro atoms. The normalized spacial score (nSPS) is 16.6. The molecule has 21 heavy (non-hydrogen) atoms. The van der Waals surface area contributed by atoms with Gasteiger partial charge in [0.1, 0.15) is 11.6 Å². The van der Waals surface area contributed by atoms with Gasteiger partial charge in [-0.15, -0.1) is 0 Å². The highest BCUT2D eigenvalue weighted by Gasteiger charge is 2.19. The molecule has 0 atom stereocenters. The molecular weight excluding hydrogens is 336 g/mol. The van der Waals surface area contributed by atoms with Gasteiger partial charge in [0.15, 0.2) is 0 Å². The smallest absolute Gasteiger partial charge is 0.122 e. The fraction of sp³-hybridized carbons (Fsp3) is 0. The largest absolute Gasteiger partial charge is 0.192 e. The van der Waals surface area contributed by atoms with Gasteiger partial charge in [0.2, 0.25) is 0 Å². The molecule has 0 aliphatic carbocycles. The third-order valence-corrected chi connectivity index (χ3v) is 7.80. The van der Waals surface area contributed by atoms with Crippen molar-refractivity contribution in [1.82, 2.24) is 5.41 Å². The van der Waals surface area contributed by atoms with Crippen molar-refractivity contribution in [1.29, 1.82) is 5.26 Å². The van der Waals surface area contributed by atoms with Crippen molar-refractivity contribution >= 4 is 63.4 Å². The number of nitrogens with zero attached hydrogens (tertiary/aromatic N) is 2. The predicted octanol–water partition coefficient (Wildman–Crippen LogP) is 4.92. The van der Waals surface area contributed by atoms with Gasteiger partial charge in [-0.1, -0.05) is 76.7 Å². The molecule has 101 valence electrons. The third kappa shape index (κ3) is 3.18. The van der Waals surface area contributed by atoms with Crippen LogP contribution in [-0.4, -0.2) is 5.87 Å². The number of benzene rings is 1. The molecule has 0 amide bonds. The SMILES string of the molecule is [N]=C=C(C#N)c1ccc(C2=CSC(=C3SC=CS3)S2)cc1. The van der Waals surface area contributed by atoms with Crippen LogP contribution in [0.5, 0.6) is 0 Å². The first-order valence-electron chi connectivity index (χ1n) is 5.87. The molecule has 2 nitrogen and oxygen atoms in total. The molecule has 0 N–H and O–H groups in total. The summed E-state index contributed by atoms with van der Waals surface area (Å²) in [7, 11) is 0. The highest BCUT2D eigenvalue weighted by Crippen LogP contribution is 2.55. The van der Waals surface area contributed by atoms with Gasteiger partial charge in [0.05, 0.1) is 8.47 Å². The molecule has 0 unspecified atom stereocenters. The highest BCUT2D eigenvalue weighted by molar-refractivity contribution is 8.35. The van der Waals surface area contributed by atoms with Gasteiger partial charge in [0.25, 0.3) is 0 Å². The second-order valence-corrected chi connectivity index (χ2v) is 8.24. The van der Waals surface area contributed by atoms with Crippen molar-refractivity contribution in [2.24, 2.45) is 0 Å². The standard InChI is InChI=1S/C15H7N2S4/c16-7-12(8-17)10-1-3-11(4-2-10)13-9-20-15(21-13)14-18-5-6-19-14/h1-6,9H. The lowest BCUT2D eigenvalue weighted by Gasteiger charge is -2.04. The Morgan fingerprint density at radius 2 is 1.67 bits per heavy atom. The van der Waals surface area contributed by atoms with E-state index in [-0.39, 0.29) is 5.57 Å². The lowest BCUT2D eigenvalue weighted by atomic mass is 10.1. The minimum Gasteiger partial charge on any atom is -0.192 e. The topological polar surface area (TPSA) is 46.1 Å². The van der Waals surface area contributed by atoms with Gasteiger partial charge in [0, 0.05) is 16.3 Å². The molecule has 2 heterocycles. The maximum Gasteiger partial charge on any atom is 0.122 e. The Kier molecular flexibility index (Phi) is 4.69. The van der Waals surface area contributed by atoms with E-state index in [2.05, 4.69) is 16.2 Å². The van der Waals surface area contributed by atoms with Crippen LogP contribution >= 0.6 is 47.0 Å². The van der Waals surface area contributed by atoms with Crippen molar-refractivity contribution < 1.29 is 0 Å². The molecule has 0 bridgehead atoms. The molecule has 2 aliphatic rings.